The number of nitrogens with zero attached hydrogens (tertiary/aromatic N) is 1. The van der Waals surface area contributed by atoms with Gasteiger partial charge in [-0.15, -0.1) is 0 Å². The van der Waals surface area contributed by atoms with Crippen molar-refractivity contribution < 1.29 is 0 Å². The average Bonchev–Trinajstić information content (AvgIpc) is 3.75. The number of anilines is 3. The first-order valence-corrected chi connectivity index (χ1v) is 23.6. The molecule has 0 bridgehead atoms. The Labute approximate surface area is 395 Å². The summed E-state index contributed by atoms with van der Waals surface area (Å²) in [5.41, 5.74) is 26.0. The molecule has 12 rings (SSSR count). The van der Waals surface area contributed by atoms with Crippen LogP contribution in [0, 0.1) is 0 Å². The molecule has 0 heterocycles. The lowest BCUT2D eigenvalue weighted by Gasteiger charge is -2.30. The van der Waals surface area contributed by atoms with Crippen LogP contribution in [-0.2, 0) is 10.8 Å². The highest BCUT2D eigenvalue weighted by atomic mass is 15.1. The molecule has 0 aromatic heterocycles. The van der Waals surface area contributed by atoms with Crippen LogP contribution in [0.4, 0.5) is 17.1 Å². The van der Waals surface area contributed by atoms with E-state index in [2.05, 4.69) is 269 Å². The van der Waals surface area contributed by atoms with Crippen molar-refractivity contribution in [2.45, 2.75) is 38.5 Å². The van der Waals surface area contributed by atoms with Gasteiger partial charge in [0.15, 0.2) is 0 Å². The third kappa shape index (κ3) is 6.93. The van der Waals surface area contributed by atoms with E-state index in [0.717, 1.165) is 17.1 Å². The van der Waals surface area contributed by atoms with Crippen LogP contribution in [0.5, 0.6) is 0 Å². The van der Waals surface area contributed by atoms with Crippen LogP contribution in [0.1, 0.15) is 49.9 Å². The van der Waals surface area contributed by atoms with E-state index in [4.69, 9.17) is 0 Å². The summed E-state index contributed by atoms with van der Waals surface area (Å²) >= 11 is 0. The summed E-state index contributed by atoms with van der Waals surface area (Å²) in [4.78, 5) is 2.47. The van der Waals surface area contributed by atoms with E-state index in [-0.39, 0.29) is 10.8 Å². The minimum absolute atomic E-state index is 0.204. The number of rotatable bonds is 8. The first-order chi connectivity index (χ1) is 32.7. The van der Waals surface area contributed by atoms with Gasteiger partial charge in [-0.2, -0.15) is 0 Å². The largest absolute Gasteiger partial charge is 0.310 e. The van der Waals surface area contributed by atoms with Gasteiger partial charge >= 0.3 is 0 Å². The van der Waals surface area contributed by atoms with Gasteiger partial charge in [0.2, 0.25) is 0 Å². The van der Waals surface area contributed by atoms with E-state index in [1.54, 1.807) is 0 Å². The van der Waals surface area contributed by atoms with Crippen LogP contribution in [0.3, 0.4) is 0 Å². The molecule has 0 atom stereocenters. The molecule has 0 unspecified atom stereocenters. The highest BCUT2D eigenvalue weighted by Crippen LogP contribution is 2.54. The van der Waals surface area contributed by atoms with E-state index < -0.39 is 0 Å². The molecule has 320 valence electrons. The Morgan fingerprint density at radius 3 is 0.806 bits per heavy atom. The Hall–Kier alpha value is -8.00. The monoisotopic (exact) mass is 857 g/mol. The highest BCUT2D eigenvalue weighted by molar-refractivity contribution is 5.90. The van der Waals surface area contributed by atoms with Gasteiger partial charge in [0.1, 0.15) is 0 Å². The maximum absolute atomic E-state index is 2.47. The maximum Gasteiger partial charge on any atom is 0.0465 e. The molecule has 0 fully saturated rings. The van der Waals surface area contributed by atoms with Crippen LogP contribution >= 0.6 is 0 Å². The first-order valence-electron chi connectivity index (χ1n) is 23.6. The van der Waals surface area contributed by atoms with Gasteiger partial charge in [-0.3, -0.25) is 0 Å². The van der Waals surface area contributed by atoms with Crippen molar-refractivity contribution in [2.24, 2.45) is 0 Å². The van der Waals surface area contributed by atoms with Gasteiger partial charge in [-0.25, -0.2) is 0 Å². The molecule has 0 saturated heterocycles. The Balaban J connectivity index is 0.910. The van der Waals surface area contributed by atoms with Crippen LogP contribution in [-0.4, -0.2) is 0 Å². The molecule has 10 aromatic rings. The molecule has 1 nitrogen and oxygen atoms in total. The van der Waals surface area contributed by atoms with Gasteiger partial charge in [0.05, 0.1) is 0 Å². The number of hydrogen-bond acceptors (Lipinski definition) is 1. The van der Waals surface area contributed by atoms with Crippen molar-refractivity contribution in [3.8, 4) is 77.9 Å². The van der Waals surface area contributed by atoms with E-state index in [9.17, 15) is 0 Å². The predicted molar refractivity (Wildman–Crippen MR) is 283 cm³/mol. The molecular formula is C66H51N. The summed E-state index contributed by atoms with van der Waals surface area (Å²) in [6, 6.07) is 87.4. The Bertz CT molecular complexity index is 3260. The smallest absolute Gasteiger partial charge is 0.0465 e. The van der Waals surface area contributed by atoms with Crippen molar-refractivity contribution in [2.75, 3.05) is 4.90 Å². The number of fused-ring (bicyclic) bond motifs is 6. The molecule has 0 aliphatic heterocycles. The van der Waals surface area contributed by atoms with Crippen molar-refractivity contribution in [3.63, 3.8) is 0 Å². The minimum atomic E-state index is -0.204. The molecule has 0 spiro atoms. The molecular weight excluding hydrogens is 807 g/mol. The fourth-order valence-electron chi connectivity index (χ4n) is 10.9. The molecule has 0 radical (unpaired) electrons. The second-order valence-corrected chi connectivity index (χ2v) is 19.4. The van der Waals surface area contributed by atoms with Gasteiger partial charge in [-0.05, 0) is 149 Å². The van der Waals surface area contributed by atoms with Crippen LogP contribution in [0.15, 0.2) is 237 Å². The molecule has 2 aliphatic carbocycles. The van der Waals surface area contributed by atoms with Crippen molar-refractivity contribution >= 4 is 17.1 Å². The highest BCUT2D eigenvalue weighted by Gasteiger charge is 2.38. The molecule has 0 saturated carbocycles. The fourth-order valence-corrected chi connectivity index (χ4v) is 10.9. The topological polar surface area (TPSA) is 3.24 Å². The summed E-state index contributed by atoms with van der Waals surface area (Å²) in [6.07, 6.45) is 0. The average molecular weight is 858 g/mol. The first kappa shape index (κ1) is 40.5. The Morgan fingerprint density at radius 2 is 0.463 bits per heavy atom. The lowest BCUT2D eigenvalue weighted by molar-refractivity contribution is 0.660. The zero-order chi connectivity index (χ0) is 45.3. The second kappa shape index (κ2) is 15.9. The Morgan fingerprint density at radius 1 is 0.224 bits per heavy atom. The summed E-state index contributed by atoms with van der Waals surface area (Å²) in [7, 11) is 0. The van der Waals surface area contributed by atoms with E-state index in [1.807, 2.05) is 0 Å². The van der Waals surface area contributed by atoms with Crippen LogP contribution in [0.25, 0.3) is 77.9 Å². The van der Waals surface area contributed by atoms with Crippen LogP contribution < -0.4 is 4.90 Å². The summed E-state index contributed by atoms with van der Waals surface area (Å²) in [5.74, 6) is 0. The van der Waals surface area contributed by atoms with Gasteiger partial charge in [0.25, 0.3) is 0 Å². The van der Waals surface area contributed by atoms with Crippen molar-refractivity contribution in [1.29, 1.82) is 0 Å². The summed E-state index contributed by atoms with van der Waals surface area (Å²) in [5, 5.41) is 0. The lowest BCUT2D eigenvalue weighted by Crippen LogP contribution is -2.18. The quantitative estimate of drug-likeness (QED) is 0.147. The number of hydrogen-bond donors (Lipinski definition) is 0. The minimum Gasteiger partial charge on any atom is -0.310 e. The standard InChI is InChI=1S/C66H51N/c1-65(2)61-40-52(50-24-20-47(21-25-50)44-14-8-5-9-15-44)30-36-57(61)59-38-34-55(42-63(59)65)67(54-32-28-49(29-33-54)46-18-12-7-13-19-46)56-35-39-60-58-37-31-53(41-62(58)66(3,4)64(60)43-56)51-26-22-48(23-27-51)45-16-10-6-11-17-45/h5-43H,1-4H3. The summed E-state index contributed by atoms with van der Waals surface area (Å²) < 4.78 is 0. The van der Waals surface area contributed by atoms with Crippen molar-refractivity contribution in [3.05, 3.63) is 259 Å². The van der Waals surface area contributed by atoms with Gasteiger partial charge < -0.3 is 4.90 Å². The normalized spacial score (nSPS) is 13.6. The number of benzene rings is 10. The van der Waals surface area contributed by atoms with Gasteiger partial charge in [0, 0.05) is 27.9 Å². The van der Waals surface area contributed by atoms with Gasteiger partial charge in [-0.1, -0.05) is 216 Å². The van der Waals surface area contributed by atoms with Crippen molar-refractivity contribution in [1.82, 2.24) is 0 Å². The third-order valence-corrected chi connectivity index (χ3v) is 14.7. The van der Waals surface area contributed by atoms with Crippen LogP contribution in [0.2, 0.25) is 0 Å². The molecule has 2 aliphatic rings. The molecule has 1 heteroatoms. The SMILES string of the molecule is CC1(C)c2cc(-c3ccc(-c4ccccc4)cc3)ccc2-c2ccc(N(c3ccc(-c4ccccc4)cc3)c3ccc4c(c3)C(C)(C)c3cc(-c5ccc(-c6ccccc6)cc5)ccc3-4)cc21. The Kier molecular flexibility index (Phi) is 9.59. The predicted octanol–water partition coefficient (Wildman–Crippen LogP) is 18.1. The fraction of sp³-hybridized carbons (Fsp3) is 0.0909. The molecule has 67 heavy (non-hydrogen) atoms. The molecule has 0 N–H and O–H groups in total. The van der Waals surface area contributed by atoms with E-state index in [0.29, 0.717) is 0 Å². The van der Waals surface area contributed by atoms with E-state index in [1.165, 1.54) is 100 Å². The summed E-state index contributed by atoms with van der Waals surface area (Å²) in [6.45, 7) is 9.57. The van der Waals surface area contributed by atoms with E-state index >= 15 is 0 Å². The maximum atomic E-state index is 2.47. The molecule has 0 amide bonds. The zero-order valence-corrected chi connectivity index (χ0v) is 38.5. The zero-order valence-electron chi connectivity index (χ0n) is 38.5. The third-order valence-electron chi connectivity index (χ3n) is 14.7. The molecule has 10 aromatic carbocycles. The second-order valence-electron chi connectivity index (χ2n) is 19.4. The lowest BCUT2D eigenvalue weighted by atomic mass is 9.81.